The Bertz CT molecular complexity index is 791. The van der Waals surface area contributed by atoms with E-state index in [4.69, 9.17) is 0 Å². The van der Waals surface area contributed by atoms with Crippen molar-refractivity contribution in [2.24, 2.45) is 0 Å². The molecule has 1 aromatic heterocycles. The molecule has 1 aliphatic carbocycles. The van der Waals surface area contributed by atoms with Crippen LogP contribution < -0.4 is 5.32 Å². The van der Waals surface area contributed by atoms with E-state index in [2.05, 4.69) is 34.3 Å². The molecule has 1 saturated carbocycles. The van der Waals surface area contributed by atoms with Crippen molar-refractivity contribution in [3.63, 3.8) is 0 Å². The van der Waals surface area contributed by atoms with Gasteiger partial charge in [0.2, 0.25) is 0 Å². The zero-order valence-corrected chi connectivity index (χ0v) is 14.9. The normalized spacial score (nSPS) is 20.2. The van der Waals surface area contributed by atoms with Crippen molar-refractivity contribution < 1.29 is 9.31 Å². The summed E-state index contributed by atoms with van der Waals surface area (Å²) in [5, 5.41) is 14.6. The lowest BCUT2D eigenvalue weighted by molar-refractivity contribution is -0.384. The summed E-state index contributed by atoms with van der Waals surface area (Å²) in [5.74, 6) is -0.0209. The van der Waals surface area contributed by atoms with E-state index in [-0.39, 0.29) is 11.3 Å². The van der Waals surface area contributed by atoms with Gasteiger partial charge >= 0.3 is 0 Å². The predicted octanol–water partition coefficient (Wildman–Crippen LogP) is 3.48. The maximum Gasteiger partial charge on any atom is 0.281 e. The Balaban J connectivity index is 1.77. The minimum Gasteiger partial charge on any atom is -0.367 e. The van der Waals surface area contributed by atoms with Crippen molar-refractivity contribution in [1.29, 1.82) is 0 Å². The van der Waals surface area contributed by atoms with E-state index in [1.54, 1.807) is 6.07 Å². The zero-order valence-electron chi connectivity index (χ0n) is 14.9. The molecule has 1 heterocycles. The summed E-state index contributed by atoms with van der Waals surface area (Å²) in [6.07, 6.45) is 5.69. The number of rotatable bonds is 5. The van der Waals surface area contributed by atoms with Crippen LogP contribution in [0.4, 0.5) is 15.9 Å². The second-order valence-corrected chi connectivity index (χ2v) is 6.82. The third-order valence-corrected chi connectivity index (χ3v) is 4.88. The number of nitro groups is 1. The lowest BCUT2D eigenvalue weighted by Crippen LogP contribution is -2.36. The lowest BCUT2D eigenvalue weighted by Gasteiger charge is -2.33. The van der Waals surface area contributed by atoms with E-state index in [1.165, 1.54) is 18.5 Å². The van der Waals surface area contributed by atoms with Crippen LogP contribution in [0, 0.1) is 15.9 Å². The van der Waals surface area contributed by atoms with Crippen LogP contribution in [-0.4, -0.2) is 46.0 Å². The number of hydrogen-bond acceptors (Lipinski definition) is 6. The van der Waals surface area contributed by atoms with Gasteiger partial charge in [-0.1, -0.05) is 0 Å². The first kappa shape index (κ1) is 18.2. The van der Waals surface area contributed by atoms with Crippen LogP contribution in [0.15, 0.2) is 30.6 Å². The molecule has 1 fully saturated rings. The van der Waals surface area contributed by atoms with Crippen molar-refractivity contribution in [2.75, 3.05) is 19.4 Å². The number of aromatic nitrogens is 2. The molecule has 2 aromatic rings. The summed E-state index contributed by atoms with van der Waals surface area (Å²) in [6.45, 7) is 0. The largest absolute Gasteiger partial charge is 0.367 e. The summed E-state index contributed by atoms with van der Waals surface area (Å²) in [4.78, 5) is 21.2. The van der Waals surface area contributed by atoms with E-state index in [1.807, 2.05) is 0 Å². The fourth-order valence-corrected chi connectivity index (χ4v) is 3.40. The molecule has 0 amide bonds. The number of halogens is 1. The summed E-state index contributed by atoms with van der Waals surface area (Å²) < 4.78 is 13.3. The maximum atomic E-state index is 13.3. The standard InChI is InChI=1S/C18H22FN5O2/c1-23(2)14-6-4-13(5-7-14)22-18-10-16(20-11-21-18)15-8-3-12(19)9-17(15)24(25)26/h3,8-11,13-14H,4-7H2,1-2H3,(H,20,21,22). The first-order valence-electron chi connectivity index (χ1n) is 8.63. The first-order valence-corrected chi connectivity index (χ1v) is 8.63. The molecule has 0 radical (unpaired) electrons. The molecule has 0 spiro atoms. The fourth-order valence-electron chi connectivity index (χ4n) is 3.40. The highest BCUT2D eigenvalue weighted by Crippen LogP contribution is 2.30. The van der Waals surface area contributed by atoms with Crippen LogP contribution in [0.3, 0.4) is 0 Å². The van der Waals surface area contributed by atoms with Crippen LogP contribution in [0.5, 0.6) is 0 Å². The Kier molecular flexibility index (Phi) is 5.41. The highest BCUT2D eigenvalue weighted by molar-refractivity contribution is 5.72. The van der Waals surface area contributed by atoms with Crippen molar-refractivity contribution >= 4 is 11.5 Å². The van der Waals surface area contributed by atoms with Crippen LogP contribution in [-0.2, 0) is 0 Å². The van der Waals surface area contributed by atoms with E-state index >= 15 is 0 Å². The fraction of sp³-hybridized carbons (Fsp3) is 0.444. The van der Waals surface area contributed by atoms with Crippen LogP contribution in [0.25, 0.3) is 11.3 Å². The topological polar surface area (TPSA) is 84.2 Å². The van der Waals surface area contributed by atoms with Gasteiger partial charge in [-0.25, -0.2) is 14.4 Å². The number of hydrogen-bond donors (Lipinski definition) is 1. The van der Waals surface area contributed by atoms with Gasteiger partial charge in [-0.05, 0) is 51.9 Å². The highest BCUT2D eigenvalue weighted by Gasteiger charge is 2.23. The van der Waals surface area contributed by atoms with Crippen molar-refractivity contribution in [2.45, 2.75) is 37.8 Å². The van der Waals surface area contributed by atoms with Gasteiger partial charge < -0.3 is 10.2 Å². The molecule has 0 aliphatic heterocycles. The predicted molar refractivity (Wildman–Crippen MR) is 97.4 cm³/mol. The first-order chi connectivity index (χ1) is 12.4. The van der Waals surface area contributed by atoms with Crippen LogP contribution >= 0.6 is 0 Å². The molecule has 8 heteroatoms. The molecular formula is C18H22FN5O2. The van der Waals surface area contributed by atoms with Crippen LogP contribution in [0.2, 0.25) is 0 Å². The minimum absolute atomic E-state index is 0.276. The Morgan fingerprint density at radius 2 is 1.92 bits per heavy atom. The van der Waals surface area contributed by atoms with Crippen molar-refractivity contribution in [3.05, 3.63) is 46.5 Å². The molecule has 26 heavy (non-hydrogen) atoms. The van der Waals surface area contributed by atoms with Gasteiger partial charge in [-0.2, -0.15) is 0 Å². The maximum absolute atomic E-state index is 13.3. The monoisotopic (exact) mass is 359 g/mol. The number of benzene rings is 1. The third kappa shape index (κ3) is 4.13. The molecule has 3 rings (SSSR count). The molecule has 0 unspecified atom stereocenters. The van der Waals surface area contributed by atoms with E-state index in [0.717, 1.165) is 31.7 Å². The molecule has 1 N–H and O–H groups in total. The Labute approximate surface area is 151 Å². The van der Waals surface area contributed by atoms with Gasteiger partial charge in [0.05, 0.1) is 22.2 Å². The number of nitro benzene ring substituents is 1. The minimum atomic E-state index is -0.648. The summed E-state index contributed by atoms with van der Waals surface area (Å²) in [6, 6.07) is 6.08. The summed E-state index contributed by atoms with van der Waals surface area (Å²) in [7, 11) is 4.20. The average molecular weight is 359 g/mol. The Morgan fingerprint density at radius 1 is 1.19 bits per heavy atom. The molecule has 138 valence electrons. The lowest BCUT2D eigenvalue weighted by atomic mass is 9.90. The SMILES string of the molecule is CN(C)C1CCC(Nc2cc(-c3ccc(F)cc3[N+](=O)[O-])ncn2)CC1. The van der Waals surface area contributed by atoms with Gasteiger partial charge in [0.25, 0.3) is 5.69 Å². The van der Waals surface area contributed by atoms with E-state index in [9.17, 15) is 14.5 Å². The van der Waals surface area contributed by atoms with Gasteiger partial charge in [0, 0.05) is 18.2 Å². The molecule has 1 aliphatic rings. The van der Waals surface area contributed by atoms with Crippen molar-refractivity contribution in [3.8, 4) is 11.3 Å². The molecular weight excluding hydrogens is 337 g/mol. The Hall–Kier alpha value is -2.61. The third-order valence-electron chi connectivity index (χ3n) is 4.88. The molecule has 1 aromatic carbocycles. The Morgan fingerprint density at radius 3 is 2.58 bits per heavy atom. The molecule has 0 saturated heterocycles. The average Bonchev–Trinajstić information content (AvgIpc) is 2.62. The number of anilines is 1. The zero-order chi connectivity index (χ0) is 18.7. The van der Waals surface area contributed by atoms with E-state index < -0.39 is 10.7 Å². The highest BCUT2D eigenvalue weighted by atomic mass is 19.1. The second-order valence-electron chi connectivity index (χ2n) is 6.82. The van der Waals surface area contributed by atoms with Gasteiger partial charge in [0.15, 0.2) is 0 Å². The van der Waals surface area contributed by atoms with Gasteiger partial charge in [-0.15, -0.1) is 0 Å². The second kappa shape index (κ2) is 7.74. The quantitative estimate of drug-likeness (QED) is 0.650. The smallest absolute Gasteiger partial charge is 0.281 e. The van der Waals surface area contributed by atoms with E-state index in [0.29, 0.717) is 23.6 Å². The van der Waals surface area contributed by atoms with Gasteiger partial charge in [0.1, 0.15) is 18.0 Å². The summed E-state index contributed by atoms with van der Waals surface area (Å²) in [5.41, 5.74) is 0.371. The van der Waals surface area contributed by atoms with Crippen LogP contribution in [0.1, 0.15) is 25.7 Å². The molecule has 7 nitrogen and oxygen atoms in total. The number of nitrogens with one attached hydrogen (secondary N) is 1. The number of nitrogens with zero attached hydrogens (tertiary/aromatic N) is 4. The molecule has 0 bridgehead atoms. The molecule has 0 atom stereocenters. The van der Waals surface area contributed by atoms with Gasteiger partial charge in [-0.3, -0.25) is 10.1 Å². The van der Waals surface area contributed by atoms with Crippen molar-refractivity contribution in [1.82, 2.24) is 14.9 Å². The summed E-state index contributed by atoms with van der Waals surface area (Å²) >= 11 is 0.